The van der Waals surface area contributed by atoms with Crippen LogP contribution in [0.15, 0.2) is 30.3 Å². The van der Waals surface area contributed by atoms with Crippen molar-refractivity contribution in [1.29, 1.82) is 0 Å². The Morgan fingerprint density at radius 1 is 1.41 bits per heavy atom. The second-order valence-corrected chi connectivity index (χ2v) is 5.51. The molecule has 1 aromatic carbocycles. The monoisotopic (exact) mass is 251 g/mol. The molecule has 0 aliphatic carbocycles. The van der Waals surface area contributed by atoms with Crippen LogP contribution in [0.5, 0.6) is 0 Å². The van der Waals surface area contributed by atoms with Crippen LogP contribution in [0.25, 0.3) is 0 Å². The summed E-state index contributed by atoms with van der Waals surface area (Å²) >= 11 is 0. The van der Waals surface area contributed by atoms with E-state index in [9.17, 15) is 13.8 Å². The number of carbonyl (C=O) groups is 2. The third kappa shape index (κ3) is 2.44. The molecule has 0 aromatic heterocycles. The number of rotatable bonds is 4. The Morgan fingerprint density at radius 2 is 2.06 bits per heavy atom. The molecule has 1 heterocycles. The summed E-state index contributed by atoms with van der Waals surface area (Å²) in [7, 11) is -1.09. The van der Waals surface area contributed by atoms with Crippen LogP contribution >= 0.6 is 0 Å². The van der Waals surface area contributed by atoms with Crippen molar-refractivity contribution in [3.63, 3.8) is 0 Å². The Balaban J connectivity index is 2.04. The molecule has 2 rings (SSSR count). The number of benzene rings is 1. The third-order valence-corrected chi connectivity index (χ3v) is 4.00. The topological polar surface area (TPSA) is 54.5 Å². The molecule has 0 radical (unpaired) electrons. The molecule has 1 fully saturated rings. The van der Waals surface area contributed by atoms with Gasteiger partial charge in [-0.05, 0) is 0 Å². The Hall–Kier alpha value is -1.49. The Morgan fingerprint density at radius 3 is 2.59 bits per heavy atom. The van der Waals surface area contributed by atoms with Gasteiger partial charge in [-0.3, -0.25) is 13.8 Å². The molecule has 1 aliphatic rings. The van der Waals surface area contributed by atoms with Gasteiger partial charge in [0.15, 0.2) is 5.78 Å². The highest BCUT2D eigenvalue weighted by atomic mass is 32.2. The Labute approximate surface area is 102 Å². The molecule has 0 spiro atoms. The second kappa shape index (κ2) is 4.79. The summed E-state index contributed by atoms with van der Waals surface area (Å²) in [4.78, 5) is 24.6. The van der Waals surface area contributed by atoms with Gasteiger partial charge >= 0.3 is 0 Å². The number of ketones is 1. The van der Waals surface area contributed by atoms with Crippen LogP contribution < -0.4 is 0 Å². The number of hydrogen-bond donors (Lipinski definition) is 0. The first-order chi connectivity index (χ1) is 8.09. The predicted molar refractivity (Wildman–Crippen MR) is 65.0 cm³/mol. The van der Waals surface area contributed by atoms with Gasteiger partial charge in [0.25, 0.3) is 0 Å². The van der Waals surface area contributed by atoms with Gasteiger partial charge in [0.2, 0.25) is 5.91 Å². The normalized spacial score (nSPS) is 20.9. The average Bonchev–Trinajstić information content (AvgIpc) is 2.33. The number of likely N-dealkylation sites (tertiary alicyclic amines) is 1. The lowest BCUT2D eigenvalue weighted by Gasteiger charge is -2.38. The lowest BCUT2D eigenvalue weighted by Crippen LogP contribution is -2.56. The van der Waals surface area contributed by atoms with E-state index in [0.717, 1.165) is 0 Å². The zero-order valence-corrected chi connectivity index (χ0v) is 10.3. The van der Waals surface area contributed by atoms with Crippen LogP contribution in [0.4, 0.5) is 0 Å². The zero-order valence-electron chi connectivity index (χ0n) is 9.46. The molecular weight excluding hydrogens is 238 g/mol. The molecule has 1 aliphatic heterocycles. The van der Waals surface area contributed by atoms with Crippen LogP contribution in [0, 0.1) is 0 Å². The highest BCUT2D eigenvalue weighted by Crippen LogP contribution is 2.21. The fourth-order valence-electron chi connectivity index (χ4n) is 1.78. The summed E-state index contributed by atoms with van der Waals surface area (Å²) in [6.45, 7) is 0.0209. The predicted octanol–water partition coefficient (Wildman–Crippen LogP) is 0.806. The van der Waals surface area contributed by atoms with Crippen molar-refractivity contribution in [3.05, 3.63) is 35.9 Å². The van der Waals surface area contributed by atoms with Gasteiger partial charge in [-0.25, -0.2) is 0 Å². The SMILES string of the molecule is CS(=O)C1CC(=O)N1CC(=O)c1ccccc1. The van der Waals surface area contributed by atoms with Crippen molar-refractivity contribution in [1.82, 2.24) is 4.90 Å². The summed E-state index contributed by atoms with van der Waals surface area (Å²) < 4.78 is 11.3. The van der Waals surface area contributed by atoms with Crippen molar-refractivity contribution < 1.29 is 13.8 Å². The fraction of sp³-hybridized carbons (Fsp3) is 0.333. The summed E-state index contributed by atoms with van der Waals surface area (Å²) in [5.74, 6) is -0.219. The van der Waals surface area contributed by atoms with Crippen LogP contribution in [0.3, 0.4) is 0 Å². The number of hydrogen-bond acceptors (Lipinski definition) is 3. The first kappa shape index (κ1) is 12.0. The number of β-lactam (4-membered cyclic amide) rings is 1. The first-order valence-electron chi connectivity index (χ1n) is 5.29. The Kier molecular flexibility index (Phi) is 3.38. The maximum absolute atomic E-state index is 11.9. The zero-order chi connectivity index (χ0) is 12.4. The van der Waals surface area contributed by atoms with Crippen molar-refractivity contribution in [3.8, 4) is 0 Å². The Bertz CT molecular complexity index is 472. The molecule has 2 unspecified atom stereocenters. The van der Waals surface area contributed by atoms with E-state index in [0.29, 0.717) is 5.56 Å². The molecule has 1 amide bonds. The van der Waals surface area contributed by atoms with E-state index >= 15 is 0 Å². The first-order valence-corrected chi connectivity index (χ1v) is 6.91. The van der Waals surface area contributed by atoms with E-state index in [1.165, 1.54) is 4.90 Å². The van der Waals surface area contributed by atoms with Gasteiger partial charge < -0.3 is 4.90 Å². The minimum Gasteiger partial charge on any atom is -0.320 e. The van der Waals surface area contributed by atoms with Crippen molar-refractivity contribution in [2.75, 3.05) is 12.8 Å². The van der Waals surface area contributed by atoms with E-state index in [-0.39, 0.29) is 30.0 Å². The summed E-state index contributed by atoms with van der Waals surface area (Å²) in [5, 5.41) is -0.296. The maximum Gasteiger partial charge on any atom is 0.227 e. The molecule has 17 heavy (non-hydrogen) atoms. The lowest BCUT2D eigenvalue weighted by atomic mass is 10.1. The van der Waals surface area contributed by atoms with Gasteiger partial charge in [-0.2, -0.15) is 0 Å². The molecule has 0 bridgehead atoms. The van der Waals surface area contributed by atoms with E-state index in [1.807, 2.05) is 6.07 Å². The highest BCUT2D eigenvalue weighted by Gasteiger charge is 2.39. The van der Waals surface area contributed by atoms with E-state index < -0.39 is 10.8 Å². The minimum atomic E-state index is -1.09. The molecule has 0 saturated carbocycles. The van der Waals surface area contributed by atoms with Gasteiger partial charge in [0.1, 0.15) is 5.37 Å². The molecule has 5 heteroatoms. The number of carbonyl (C=O) groups excluding carboxylic acids is 2. The van der Waals surface area contributed by atoms with E-state index in [1.54, 1.807) is 30.5 Å². The van der Waals surface area contributed by atoms with Crippen molar-refractivity contribution >= 4 is 22.5 Å². The number of Topliss-reactive ketones (excluding diaryl/α,β-unsaturated/α-hetero) is 1. The van der Waals surface area contributed by atoms with Crippen LogP contribution in [-0.4, -0.2) is 39.0 Å². The molecular formula is C12H13NO3S. The van der Waals surface area contributed by atoms with E-state index in [4.69, 9.17) is 0 Å². The van der Waals surface area contributed by atoms with Gasteiger partial charge in [0, 0.05) is 22.6 Å². The third-order valence-electron chi connectivity index (χ3n) is 2.81. The lowest BCUT2D eigenvalue weighted by molar-refractivity contribution is -0.140. The average molecular weight is 251 g/mol. The van der Waals surface area contributed by atoms with Crippen LogP contribution in [0.1, 0.15) is 16.8 Å². The summed E-state index contributed by atoms with van der Waals surface area (Å²) in [6, 6.07) is 8.81. The molecule has 4 nitrogen and oxygen atoms in total. The largest absolute Gasteiger partial charge is 0.320 e. The fourth-order valence-corrected chi connectivity index (χ4v) is 2.71. The van der Waals surface area contributed by atoms with Crippen molar-refractivity contribution in [2.45, 2.75) is 11.8 Å². The minimum absolute atomic E-state index is 0.0209. The molecule has 90 valence electrons. The van der Waals surface area contributed by atoms with Crippen LogP contribution in [0.2, 0.25) is 0 Å². The quantitative estimate of drug-likeness (QED) is 0.587. The van der Waals surface area contributed by atoms with Crippen LogP contribution in [-0.2, 0) is 15.6 Å². The molecule has 1 aromatic rings. The van der Waals surface area contributed by atoms with Gasteiger partial charge in [0.05, 0.1) is 13.0 Å². The van der Waals surface area contributed by atoms with Crippen molar-refractivity contribution in [2.24, 2.45) is 0 Å². The van der Waals surface area contributed by atoms with Gasteiger partial charge in [-0.15, -0.1) is 0 Å². The van der Waals surface area contributed by atoms with Gasteiger partial charge in [-0.1, -0.05) is 30.3 Å². The molecule has 1 saturated heterocycles. The summed E-state index contributed by atoms with van der Waals surface area (Å²) in [5.41, 5.74) is 0.577. The molecule has 2 atom stereocenters. The number of nitrogens with zero attached hydrogens (tertiary/aromatic N) is 1. The second-order valence-electron chi connectivity index (χ2n) is 3.97. The standard InChI is InChI=1S/C12H13NO3S/c1-17(16)12-7-11(15)13(12)8-10(14)9-5-3-2-4-6-9/h2-6,12H,7-8H2,1H3. The summed E-state index contributed by atoms with van der Waals surface area (Å²) in [6.07, 6.45) is 1.84. The maximum atomic E-state index is 11.9. The molecule has 0 N–H and O–H groups in total. The van der Waals surface area contributed by atoms with E-state index in [2.05, 4.69) is 0 Å². The number of amides is 1. The highest BCUT2D eigenvalue weighted by molar-refractivity contribution is 7.85. The smallest absolute Gasteiger partial charge is 0.227 e.